The maximum atomic E-state index is 12.0. The minimum Gasteiger partial charge on any atom is -0.353 e. The van der Waals surface area contributed by atoms with Gasteiger partial charge in [0.1, 0.15) is 0 Å². The smallest absolute Gasteiger partial charge is 0.353 e. The molecule has 1 aromatic rings. The summed E-state index contributed by atoms with van der Waals surface area (Å²) in [4.78, 5) is 3.98. The lowest BCUT2D eigenvalue weighted by Crippen LogP contribution is -2.14. The van der Waals surface area contributed by atoms with Crippen LogP contribution in [0, 0.1) is 0 Å². The second-order valence-electron chi connectivity index (χ2n) is 3.73. The van der Waals surface area contributed by atoms with Crippen molar-refractivity contribution in [2.45, 2.75) is 38.0 Å². The molecular formula is C9H12F3N3. The standard InChI is InChI=1S/C9H12F3N3/c10-9(11,12)3-5-15-6-4-13-8(15)14-7-1-2-7/h4,6-7H,1-3,5H2,(H,13,14). The zero-order chi connectivity index (χ0) is 10.9. The Morgan fingerprint density at radius 2 is 2.20 bits per heavy atom. The summed E-state index contributed by atoms with van der Waals surface area (Å²) in [6.45, 7) is -0.0709. The number of imidazole rings is 1. The Labute approximate surface area is 85.3 Å². The van der Waals surface area contributed by atoms with Crippen molar-refractivity contribution in [2.75, 3.05) is 5.32 Å². The zero-order valence-electron chi connectivity index (χ0n) is 8.09. The maximum Gasteiger partial charge on any atom is 0.390 e. The molecule has 6 heteroatoms. The normalized spacial score (nSPS) is 16.7. The first-order valence-electron chi connectivity index (χ1n) is 4.89. The Kier molecular flexibility index (Phi) is 2.58. The lowest BCUT2D eigenvalue weighted by Gasteiger charge is -2.10. The summed E-state index contributed by atoms with van der Waals surface area (Å²) in [7, 11) is 0. The molecule has 0 aliphatic heterocycles. The largest absolute Gasteiger partial charge is 0.390 e. The Hall–Kier alpha value is -1.20. The highest BCUT2D eigenvalue weighted by Crippen LogP contribution is 2.25. The van der Waals surface area contributed by atoms with Gasteiger partial charge in [-0.1, -0.05) is 0 Å². The van der Waals surface area contributed by atoms with Gasteiger partial charge in [0, 0.05) is 25.0 Å². The Morgan fingerprint density at radius 1 is 1.47 bits per heavy atom. The van der Waals surface area contributed by atoms with Crippen molar-refractivity contribution in [1.82, 2.24) is 9.55 Å². The molecule has 3 nitrogen and oxygen atoms in total. The summed E-state index contributed by atoms with van der Waals surface area (Å²) < 4.78 is 37.5. The number of halogens is 3. The lowest BCUT2D eigenvalue weighted by atomic mass is 10.4. The number of hydrogen-bond donors (Lipinski definition) is 1. The fraction of sp³-hybridized carbons (Fsp3) is 0.667. The molecule has 2 rings (SSSR count). The number of rotatable bonds is 4. The molecular weight excluding hydrogens is 207 g/mol. The van der Waals surface area contributed by atoms with Crippen molar-refractivity contribution in [2.24, 2.45) is 0 Å². The molecule has 1 aromatic heterocycles. The summed E-state index contributed by atoms with van der Waals surface area (Å²) in [5.41, 5.74) is 0. The van der Waals surface area contributed by atoms with E-state index in [1.165, 1.54) is 10.8 Å². The van der Waals surface area contributed by atoms with E-state index in [4.69, 9.17) is 0 Å². The molecule has 1 heterocycles. The number of anilines is 1. The molecule has 0 spiro atoms. The first-order valence-corrected chi connectivity index (χ1v) is 4.89. The van der Waals surface area contributed by atoms with Crippen molar-refractivity contribution < 1.29 is 13.2 Å². The molecule has 0 bridgehead atoms. The van der Waals surface area contributed by atoms with Gasteiger partial charge in [0.25, 0.3) is 0 Å². The van der Waals surface area contributed by atoms with Crippen LogP contribution in [0.2, 0.25) is 0 Å². The van der Waals surface area contributed by atoms with Crippen molar-refractivity contribution in [3.05, 3.63) is 12.4 Å². The second-order valence-corrected chi connectivity index (χ2v) is 3.73. The number of aryl methyl sites for hydroxylation is 1. The monoisotopic (exact) mass is 219 g/mol. The highest BCUT2D eigenvalue weighted by molar-refractivity contribution is 5.29. The van der Waals surface area contributed by atoms with Gasteiger partial charge >= 0.3 is 6.18 Å². The summed E-state index contributed by atoms with van der Waals surface area (Å²) in [5.74, 6) is 0.543. The molecule has 1 aliphatic rings. The molecule has 0 aromatic carbocycles. The van der Waals surface area contributed by atoms with Gasteiger partial charge in [-0.15, -0.1) is 0 Å². The second kappa shape index (κ2) is 3.75. The van der Waals surface area contributed by atoms with Gasteiger partial charge in [0.05, 0.1) is 6.42 Å². The number of nitrogens with zero attached hydrogens (tertiary/aromatic N) is 2. The first-order chi connectivity index (χ1) is 7.04. The van der Waals surface area contributed by atoms with Crippen LogP contribution in [0.5, 0.6) is 0 Å². The van der Waals surface area contributed by atoms with Crippen LogP contribution in [-0.4, -0.2) is 21.8 Å². The average Bonchev–Trinajstić information content (AvgIpc) is 2.80. The maximum absolute atomic E-state index is 12.0. The van der Waals surface area contributed by atoms with Gasteiger partial charge in [-0.3, -0.25) is 0 Å². The predicted molar refractivity (Wildman–Crippen MR) is 49.5 cm³/mol. The Bertz CT molecular complexity index is 328. The molecule has 0 radical (unpaired) electrons. The van der Waals surface area contributed by atoms with Crippen molar-refractivity contribution in [1.29, 1.82) is 0 Å². The topological polar surface area (TPSA) is 29.9 Å². The van der Waals surface area contributed by atoms with Gasteiger partial charge in [-0.25, -0.2) is 4.98 Å². The SMILES string of the molecule is FC(F)(F)CCn1ccnc1NC1CC1. The molecule has 1 N–H and O–H groups in total. The molecule has 1 fully saturated rings. The predicted octanol–water partition coefficient (Wildman–Crippen LogP) is 2.41. The van der Waals surface area contributed by atoms with Crippen LogP contribution in [0.3, 0.4) is 0 Å². The van der Waals surface area contributed by atoms with Crippen LogP contribution in [0.25, 0.3) is 0 Å². The summed E-state index contributed by atoms with van der Waals surface area (Å²) in [6.07, 6.45) is 0.305. The molecule has 1 aliphatic carbocycles. The fourth-order valence-electron chi connectivity index (χ4n) is 1.29. The minimum absolute atomic E-state index is 0.0709. The van der Waals surface area contributed by atoms with Crippen molar-refractivity contribution in [3.8, 4) is 0 Å². The van der Waals surface area contributed by atoms with Crippen molar-refractivity contribution in [3.63, 3.8) is 0 Å². The van der Waals surface area contributed by atoms with Crippen LogP contribution in [-0.2, 0) is 6.54 Å². The summed E-state index contributed by atoms with van der Waals surface area (Å²) in [6, 6.07) is 0.400. The van der Waals surface area contributed by atoms with Gasteiger partial charge in [-0.2, -0.15) is 13.2 Å². The van der Waals surface area contributed by atoms with E-state index in [9.17, 15) is 13.2 Å². The van der Waals surface area contributed by atoms with E-state index in [0.29, 0.717) is 12.0 Å². The number of nitrogens with one attached hydrogen (secondary N) is 1. The van der Waals surface area contributed by atoms with Crippen LogP contribution < -0.4 is 5.32 Å². The Morgan fingerprint density at radius 3 is 2.80 bits per heavy atom. The van der Waals surface area contributed by atoms with E-state index in [2.05, 4.69) is 10.3 Å². The quantitative estimate of drug-likeness (QED) is 0.842. The van der Waals surface area contributed by atoms with Crippen LogP contribution in [0.15, 0.2) is 12.4 Å². The molecule has 1 saturated carbocycles. The number of aromatic nitrogens is 2. The van der Waals surface area contributed by atoms with Crippen molar-refractivity contribution >= 4 is 5.95 Å². The summed E-state index contributed by atoms with van der Waals surface area (Å²) in [5, 5.41) is 3.09. The van der Waals surface area contributed by atoms with Gasteiger partial charge in [0.15, 0.2) is 0 Å². The van der Waals surface area contributed by atoms with Crippen LogP contribution in [0.4, 0.5) is 19.1 Å². The number of alkyl halides is 3. The highest BCUT2D eigenvalue weighted by atomic mass is 19.4. The van der Waals surface area contributed by atoms with Gasteiger partial charge < -0.3 is 9.88 Å². The Balaban J connectivity index is 1.92. The zero-order valence-corrected chi connectivity index (χ0v) is 8.09. The molecule has 0 saturated heterocycles. The minimum atomic E-state index is -4.11. The average molecular weight is 219 g/mol. The van der Waals surface area contributed by atoms with Gasteiger partial charge in [0.2, 0.25) is 5.95 Å². The number of hydrogen-bond acceptors (Lipinski definition) is 2. The highest BCUT2D eigenvalue weighted by Gasteiger charge is 2.27. The van der Waals surface area contributed by atoms with E-state index in [0.717, 1.165) is 12.8 Å². The third kappa shape index (κ3) is 3.14. The fourth-order valence-corrected chi connectivity index (χ4v) is 1.29. The molecule has 15 heavy (non-hydrogen) atoms. The van der Waals surface area contributed by atoms with Crippen LogP contribution in [0.1, 0.15) is 19.3 Å². The lowest BCUT2D eigenvalue weighted by molar-refractivity contribution is -0.136. The summed E-state index contributed by atoms with van der Waals surface area (Å²) >= 11 is 0. The van der Waals surface area contributed by atoms with E-state index in [1.807, 2.05) is 0 Å². The van der Waals surface area contributed by atoms with E-state index in [1.54, 1.807) is 6.20 Å². The van der Waals surface area contributed by atoms with E-state index < -0.39 is 12.6 Å². The molecule has 0 unspecified atom stereocenters. The van der Waals surface area contributed by atoms with Gasteiger partial charge in [-0.05, 0) is 12.8 Å². The van der Waals surface area contributed by atoms with Crippen LogP contribution >= 0.6 is 0 Å². The third-order valence-electron chi connectivity index (χ3n) is 2.26. The first kappa shape index (κ1) is 10.3. The molecule has 84 valence electrons. The molecule has 0 atom stereocenters. The van der Waals surface area contributed by atoms with E-state index >= 15 is 0 Å². The third-order valence-corrected chi connectivity index (χ3v) is 2.26. The van der Waals surface area contributed by atoms with E-state index in [-0.39, 0.29) is 6.54 Å². The molecule has 0 amide bonds.